The molecule has 7 nitrogen and oxygen atoms in total. The molecule has 2 amide bonds. The molecule has 1 aromatic carbocycles. The van der Waals surface area contributed by atoms with Gasteiger partial charge in [-0.1, -0.05) is 30.3 Å². The Balaban J connectivity index is 1.83. The summed E-state index contributed by atoms with van der Waals surface area (Å²) >= 11 is 2.72. The standard InChI is InChI=1S/C21H24N2O5S2/c1-21(2)17(20(27)28)23(12-30-21)19(26)16(24)15(10-13-6-4-3-5-7-13)22-18(25)14-8-9-29-11-14/h3-9,11,15-17,24H,10,12H2,1-2H3,(H,22,25)(H,27,28)/t15-,16-,17+/m0/s1. The third-order valence-electron chi connectivity index (χ3n) is 5.10. The highest BCUT2D eigenvalue weighted by Gasteiger charge is 2.50. The number of aliphatic hydroxyl groups is 1. The second kappa shape index (κ2) is 9.20. The molecule has 2 heterocycles. The van der Waals surface area contributed by atoms with Crippen molar-refractivity contribution in [2.45, 2.75) is 43.2 Å². The summed E-state index contributed by atoms with van der Waals surface area (Å²) in [4.78, 5) is 38.7. The summed E-state index contributed by atoms with van der Waals surface area (Å²) in [5.74, 6) is -2.05. The number of aliphatic hydroxyl groups excluding tert-OH is 1. The Bertz CT molecular complexity index is 901. The lowest BCUT2D eigenvalue weighted by molar-refractivity contribution is -0.154. The molecule has 0 aliphatic carbocycles. The summed E-state index contributed by atoms with van der Waals surface area (Å²) in [6.45, 7) is 3.52. The first kappa shape index (κ1) is 22.3. The molecule has 3 N–H and O–H groups in total. The minimum absolute atomic E-state index is 0.163. The number of aliphatic carboxylic acids is 1. The van der Waals surface area contributed by atoms with Gasteiger partial charge in [0, 0.05) is 15.7 Å². The Kier molecular flexibility index (Phi) is 6.84. The lowest BCUT2D eigenvalue weighted by atomic mass is 9.97. The molecule has 1 aliphatic rings. The predicted octanol–water partition coefficient (Wildman–Crippen LogP) is 2.21. The maximum absolute atomic E-state index is 13.1. The molecule has 1 aliphatic heterocycles. The molecule has 9 heteroatoms. The van der Waals surface area contributed by atoms with Crippen molar-refractivity contribution in [3.63, 3.8) is 0 Å². The average Bonchev–Trinajstić information content (AvgIpc) is 3.34. The van der Waals surface area contributed by atoms with Crippen LogP contribution in [0.25, 0.3) is 0 Å². The molecule has 30 heavy (non-hydrogen) atoms. The maximum atomic E-state index is 13.1. The van der Waals surface area contributed by atoms with Gasteiger partial charge in [-0.05, 0) is 37.3 Å². The van der Waals surface area contributed by atoms with E-state index in [2.05, 4.69) is 5.32 Å². The molecule has 0 bridgehead atoms. The number of hydrogen-bond acceptors (Lipinski definition) is 6. The fourth-order valence-corrected chi connectivity index (χ4v) is 5.25. The van der Waals surface area contributed by atoms with Crippen LogP contribution in [0, 0.1) is 0 Å². The Morgan fingerprint density at radius 1 is 1.23 bits per heavy atom. The van der Waals surface area contributed by atoms with Gasteiger partial charge in [-0.3, -0.25) is 9.59 Å². The van der Waals surface area contributed by atoms with Crippen LogP contribution in [0.4, 0.5) is 0 Å². The van der Waals surface area contributed by atoms with E-state index in [1.165, 1.54) is 28.0 Å². The number of thioether (sulfide) groups is 1. The van der Waals surface area contributed by atoms with Gasteiger partial charge in [0.25, 0.3) is 11.8 Å². The zero-order valence-corrected chi connectivity index (χ0v) is 18.3. The molecule has 0 spiro atoms. The number of thiophene rings is 1. The smallest absolute Gasteiger partial charge is 0.327 e. The van der Waals surface area contributed by atoms with Gasteiger partial charge in [0.1, 0.15) is 6.04 Å². The summed E-state index contributed by atoms with van der Waals surface area (Å²) < 4.78 is -0.684. The quantitative estimate of drug-likeness (QED) is 0.600. The van der Waals surface area contributed by atoms with Gasteiger partial charge in [0.2, 0.25) is 0 Å². The van der Waals surface area contributed by atoms with E-state index in [4.69, 9.17) is 0 Å². The van der Waals surface area contributed by atoms with E-state index >= 15 is 0 Å². The Labute approximate surface area is 183 Å². The molecule has 3 rings (SSSR count). The number of carboxylic acids is 1. The van der Waals surface area contributed by atoms with E-state index in [-0.39, 0.29) is 12.3 Å². The van der Waals surface area contributed by atoms with E-state index in [1.807, 2.05) is 30.3 Å². The van der Waals surface area contributed by atoms with Gasteiger partial charge in [-0.25, -0.2) is 4.79 Å². The number of carboxylic acid groups (broad SMARTS) is 1. The molecule has 0 saturated carbocycles. The molecule has 1 fully saturated rings. The molecular formula is C21H24N2O5S2. The van der Waals surface area contributed by atoms with Gasteiger partial charge in [-0.15, -0.1) is 11.8 Å². The zero-order valence-electron chi connectivity index (χ0n) is 16.6. The van der Waals surface area contributed by atoms with Gasteiger partial charge in [0.15, 0.2) is 6.10 Å². The number of nitrogens with one attached hydrogen (secondary N) is 1. The summed E-state index contributed by atoms with van der Waals surface area (Å²) in [6, 6.07) is 8.90. The molecule has 160 valence electrons. The fraction of sp³-hybridized carbons (Fsp3) is 0.381. The van der Waals surface area contributed by atoms with Crippen molar-refractivity contribution < 1.29 is 24.6 Å². The second-order valence-corrected chi connectivity index (χ2v) is 10.0. The van der Waals surface area contributed by atoms with Crippen molar-refractivity contribution in [2.75, 3.05) is 5.88 Å². The summed E-state index contributed by atoms with van der Waals surface area (Å²) in [7, 11) is 0. The highest BCUT2D eigenvalue weighted by Crippen LogP contribution is 2.39. The summed E-state index contributed by atoms with van der Waals surface area (Å²) in [5, 5.41) is 26.8. The molecular weight excluding hydrogens is 424 g/mol. The molecule has 1 saturated heterocycles. The number of hydrogen-bond donors (Lipinski definition) is 3. The molecule has 0 unspecified atom stereocenters. The Hall–Kier alpha value is -2.36. The van der Waals surface area contributed by atoms with Crippen LogP contribution in [0.15, 0.2) is 47.2 Å². The predicted molar refractivity (Wildman–Crippen MR) is 117 cm³/mol. The number of amides is 2. The minimum Gasteiger partial charge on any atom is -0.480 e. The van der Waals surface area contributed by atoms with Crippen LogP contribution in [0.2, 0.25) is 0 Å². The van der Waals surface area contributed by atoms with Crippen LogP contribution in [-0.4, -0.2) is 61.7 Å². The van der Waals surface area contributed by atoms with Crippen LogP contribution in [0.1, 0.15) is 29.8 Å². The van der Waals surface area contributed by atoms with Gasteiger partial charge in [0.05, 0.1) is 11.9 Å². The SMILES string of the molecule is CC1(C)SCN(C(=O)[C@@H](O)[C@H](Cc2ccccc2)NC(=O)c2ccsc2)[C@@H]1C(=O)O. The van der Waals surface area contributed by atoms with Crippen LogP contribution in [0.5, 0.6) is 0 Å². The van der Waals surface area contributed by atoms with Gasteiger partial charge < -0.3 is 20.4 Å². The van der Waals surface area contributed by atoms with E-state index in [0.717, 1.165) is 5.56 Å². The number of carbonyl (C=O) groups excluding carboxylic acids is 2. The van der Waals surface area contributed by atoms with Crippen molar-refractivity contribution in [3.05, 3.63) is 58.3 Å². The van der Waals surface area contributed by atoms with E-state index < -0.39 is 40.7 Å². The first-order valence-electron chi connectivity index (χ1n) is 9.43. The molecule has 2 aromatic rings. The highest BCUT2D eigenvalue weighted by molar-refractivity contribution is 8.00. The first-order chi connectivity index (χ1) is 14.2. The zero-order chi connectivity index (χ0) is 21.9. The van der Waals surface area contributed by atoms with Crippen LogP contribution < -0.4 is 5.32 Å². The van der Waals surface area contributed by atoms with Crippen LogP contribution >= 0.6 is 23.1 Å². The summed E-state index contributed by atoms with van der Waals surface area (Å²) in [5.41, 5.74) is 1.28. The van der Waals surface area contributed by atoms with Crippen molar-refractivity contribution >= 4 is 40.9 Å². The third kappa shape index (κ3) is 4.85. The fourth-order valence-electron chi connectivity index (χ4n) is 3.48. The topological polar surface area (TPSA) is 107 Å². The largest absolute Gasteiger partial charge is 0.480 e. The molecule has 3 atom stereocenters. The number of benzene rings is 1. The van der Waals surface area contributed by atoms with E-state index in [9.17, 15) is 24.6 Å². The first-order valence-corrected chi connectivity index (χ1v) is 11.4. The third-order valence-corrected chi connectivity index (χ3v) is 7.15. The maximum Gasteiger partial charge on any atom is 0.327 e. The monoisotopic (exact) mass is 448 g/mol. The van der Waals surface area contributed by atoms with Gasteiger partial charge in [-0.2, -0.15) is 11.3 Å². The number of nitrogens with zero attached hydrogens (tertiary/aromatic N) is 1. The van der Waals surface area contributed by atoms with E-state index in [0.29, 0.717) is 5.56 Å². The summed E-state index contributed by atoms with van der Waals surface area (Å²) in [6.07, 6.45) is -1.35. The Morgan fingerprint density at radius 2 is 1.93 bits per heavy atom. The van der Waals surface area contributed by atoms with Crippen molar-refractivity contribution in [1.82, 2.24) is 10.2 Å². The lowest BCUT2D eigenvalue weighted by Gasteiger charge is -2.31. The van der Waals surface area contributed by atoms with Crippen LogP contribution in [-0.2, 0) is 16.0 Å². The van der Waals surface area contributed by atoms with Crippen molar-refractivity contribution in [3.8, 4) is 0 Å². The second-order valence-electron chi connectivity index (χ2n) is 7.65. The van der Waals surface area contributed by atoms with Crippen LogP contribution in [0.3, 0.4) is 0 Å². The average molecular weight is 449 g/mol. The number of carbonyl (C=O) groups is 3. The van der Waals surface area contributed by atoms with Crippen molar-refractivity contribution in [1.29, 1.82) is 0 Å². The number of rotatable bonds is 7. The van der Waals surface area contributed by atoms with Crippen molar-refractivity contribution in [2.24, 2.45) is 0 Å². The lowest BCUT2D eigenvalue weighted by Crippen LogP contribution is -2.56. The normalized spacial score (nSPS) is 19.8. The van der Waals surface area contributed by atoms with E-state index in [1.54, 1.807) is 30.7 Å². The van der Waals surface area contributed by atoms with Gasteiger partial charge >= 0.3 is 5.97 Å². The highest BCUT2D eigenvalue weighted by atomic mass is 32.2. The minimum atomic E-state index is -1.58. The Morgan fingerprint density at radius 3 is 2.53 bits per heavy atom. The molecule has 1 aromatic heterocycles. The molecule has 0 radical (unpaired) electrons.